The molecule has 0 saturated carbocycles. The molecule has 0 unspecified atom stereocenters. The summed E-state index contributed by atoms with van der Waals surface area (Å²) in [4.78, 5) is 30.0. The van der Waals surface area contributed by atoms with Crippen LogP contribution in [0.5, 0.6) is 5.75 Å². The Morgan fingerprint density at radius 3 is 2.75 bits per heavy atom. The number of hydrogen-bond acceptors (Lipinski definition) is 5. The van der Waals surface area contributed by atoms with E-state index in [1.165, 1.54) is 16.0 Å². The van der Waals surface area contributed by atoms with Crippen LogP contribution in [0.1, 0.15) is 62.1 Å². The molecule has 40 heavy (non-hydrogen) atoms. The number of fused-ring (bicyclic) bond motifs is 3. The summed E-state index contributed by atoms with van der Waals surface area (Å²) in [6, 6.07) is 11.5. The first-order valence-electron chi connectivity index (χ1n) is 14.4. The van der Waals surface area contributed by atoms with Gasteiger partial charge in [-0.05, 0) is 86.4 Å². The molecule has 2 aromatic rings. The minimum Gasteiger partial charge on any atom is -0.490 e. The zero-order valence-electron chi connectivity index (χ0n) is 23.5. The van der Waals surface area contributed by atoms with Crippen LogP contribution in [-0.4, -0.2) is 55.1 Å². The molecular weight excluding hydrogens is 526 g/mol. The number of primary amides is 1. The van der Waals surface area contributed by atoms with Crippen LogP contribution < -0.4 is 15.4 Å². The maximum Gasteiger partial charge on any atom is 0.254 e. The van der Waals surface area contributed by atoms with E-state index in [4.69, 9.17) is 22.1 Å². The Kier molecular flexibility index (Phi) is 8.16. The molecule has 214 valence electrons. The zero-order valence-corrected chi connectivity index (χ0v) is 24.3. The highest BCUT2D eigenvalue weighted by Crippen LogP contribution is 2.46. The van der Waals surface area contributed by atoms with Crippen molar-refractivity contribution in [2.24, 2.45) is 11.7 Å². The third-order valence-electron chi connectivity index (χ3n) is 9.07. The summed E-state index contributed by atoms with van der Waals surface area (Å²) in [7, 11) is 1.68. The SMILES string of the molecule is C[C@H]1C(=O)N(C)C/C=C/CCCCCN2C[C@@]3(CCCc4cc(Cl)ccc43)COc3ccc(cc32)[C@]1(O)C(N)=O. The predicted molar refractivity (Wildman–Crippen MR) is 158 cm³/mol. The van der Waals surface area contributed by atoms with E-state index < -0.39 is 17.4 Å². The third kappa shape index (κ3) is 5.21. The van der Waals surface area contributed by atoms with Crippen LogP contribution in [-0.2, 0) is 27.0 Å². The van der Waals surface area contributed by atoms with Gasteiger partial charge < -0.3 is 25.4 Å². The van der Waals surface area contributed by atoms with E-state index in [9.17, 15) is 14.7 Å². The number of carbonyl (C=O) groups excluding carboxylic acids is 2. The number of carbonyl (C=O) groups is 2. The van der Waals surface area contributed by atoms with Gasteiger partial charge >= 0.3 is 0 Å². The lowest BCUT2D eigenvalue weighted by molar-refractivity contribution is -0.155. The Balaban J connectivity index is 1.60. The average Bonchev–Trinajstić information content (AvgIpc) is 3.09. The number of likely N-dealkylation sites (N-methyl/N-ethyl adjacent to an activating group) is 1. The number of aryl methyl sites for hydroxylation is 1. The number of amides is 2. The van der Waals surface area contributed by atoms with Gasteiger partial charge in [0.05, 0.1) is 18.2 Å². The standard InChI is InChI=1S/C32H40ClN3O4/c1-22-29(37)35(2)16-7-5-3-4-6-8-17-36-20-31(15-9-10-23-18-25(33)12-13-26(23)31)21-40-28-14-11-24(19-27(28)36)32(22,39)30(34)38/h5,7,11-14,18-19,22,39H,3-4,6,8-10,15-17,20-21H2,1-2H3,(H2,34,38)/b7-5+/t22-,31-,32-/m0/s1. The summed E-state index contributed by atoms with van der Waals surface area (Å²) in [5.74, 6) is -1.67. The highest BCUT2D eigenvalue weighted by Gasteiger charge is 2.47. The average molecular weight is 566 g/mol. The summed E-state index contributed by atoms with van der Waals surface area (Å²) in [5, 5.41) is 12.6. The first-order valence-corrected chi connectivity index (χ1v) is 14.8. The highest BCUT2D eigenvalue weighted by molar-refractivity contribution is 6.30. The van der Waals surface area contributed by atoms with Crippen LogP contribution in [0.2, 0.25) is 5.02 Å². The molecule has 7 nitrogen and oxygen atoms in total. The van der Waals surface area contributed by atoms with Crippen molar-refractivity contribution in [2.45, 2.75) is 62.9 Å². The number of aliphatic hydroxyl groups is 1. The minimum absolute atomic E-state index is 0.215. The molecule has 2 heterocycles. The highest BCUT2D eigenvalue weighted by atomic mass is 35.5. The number of rotatable bonds is 1. The molecule has 0 fully saturated rings. The molecule has 2 aromatic carbocycles. The summed E-state index contributed by atoms with van der Waals surface area (Å²) >= 11 is 6.37. The summed E-state index contributed by atoms with van der Waals surface area (Å²) in [5.41, 5.74) is 7.10. The smallest absolute Gasteiger partial charge is 0.254 e. The van der Waals surface area contributed by atoms with E-state index in [2.05, 4.69) is 23.1 Å². The molecule has 1 spiro atoms. The lowest BCUT2D eigenvalue weighted by Gasteiger charge is -2.41. The molecule has 5 rings (SSSR count). The van der Waals surface area contributed by atoms with Crippen molar-refractivity contribution in [1.82, 2.24) is 4.90 Å². The molecular formula is C32H40ClN3O4. The monoisotopic (exact) mass is 565 g/mol. The number of allylic oxidation sites excluding steroid dienone is 1. The Bertz CT molecular complexity index is 1310. The van der Waals surface area contributed by atoms with Crippen molar-refractivity contribution in [3.05, 3.63) is 70.3 Å². The first kappa shape index (κ1) is 28.5. The van der Waals surface area contributed by atoms with Gasteiger partial charge in [0.1, 0.15) is 5.75 Å². The number of ether oxygens (including phenoxy) is 1. The van der Waals surface area contributed by atoms with Crippen molar-refractivity contribution in [3.8, 4) is 5.75 Å². The molecule has 3 N–H and O–H groups in total. The number of anilines is 1. The van der Waals surface area contributed by atoms with Gasteiger partial charge in [0.25, 0.3) is 5.91 Å². The second-order valence-electron chi connectivity index (χ2n) is 11.7. The second kappa shape index (κ2) is 11.5. The van der Waals surface area contributed by atoms with Crippen molar-refractivity contribution >= 4 is 29.1 Å². The molecule has 3 aliphatic rings. The Hall–Kier alpha value is -3.03. The molecule has 3 atom stereocenters. The largest absolute Gasteiger partial charge is 0.490 e. The van der Waals surface area contributed by atoms with Crippen molar-refractivity contribution in [2.75, 3.05) is 38.2 Å². The van der Waals surface area contributed by atoms with Crippen LogP contribution in [0.4, 0.5) is 5.69 Å². The Morgan fingerprint density at radius 1 is 1.12 bits per heavy atom. The predicted octanol–water partition coefficient (Wildman–Crippen LogP) is 4.71. The molecule has 8 heteroatoms. The number of nitrogens with two attached hydrogens (primary N) is 1. The van der Waals surface area contributed by atoms with E-state index >= 15 is 0 Å². The van der Waals surface area contributed by atoms with Gasteiger partial charge in [-0.1, -0.05) is 42.3 Å². The van der Waals surface area contributed by atoms with E-state index in [-0.39, 0.29) is 11.3 Å². The molecule has 2 bridgehead atoms. The summed E-state index contributed by atoms with van der Waals surface area (Å²) in [6.07, 6.45) is 11.2. The quantitative estimate of drug-likeness (QED) is 0.488. The van der Waals surface area contributed by atoms with Crippen molar-refractivity contribution < 1.29 is 19.4 Å². The number of halogens is 1. The lowest BCUT2D eigenvalue weighted by atomic mass is 9.70. The van der Waals surface area contributed by atoms with Gasteiger partial charge in [-0.3, -0.25) is 9.59 Å². The summed E-state index contributed by atoms with van der Waals surface area (Å²) in [6.45, 7) is 4.04. The number of benzene rings is 2. The lowest BCUT2D eigenvalue weighted by Crippen LogP contribution is -2.52. The maximum atomic E-state index is 13.3. The van der Waals surface area contributed by atoms with Gasteiger partial charge in [0.2, 0.25) is 5.91 Å². The summed E-state index contributed by atoms with van der Waals surface area (Å²) < 4.78 is 6.53. The molecule has 0 radical (unpaired) electrons. The topological polar surface area (TPSA) is 96.1 Å². The van der Waals surface area contributed by atoms with Gasteiger partial charge in [-0.15, -0.1) is 0 Å². The number of nitrogens with zero attached hydrogens (tertiary/aromatic N) is 2. The molecule has 2 amide bonds. The van der Waals surface area contributed by atoms with E-state index in [0.29, 0.717) is 24.5 Å². The fourth-order valence-electron chi connectivity index (χ4n) is 6.68. The van der Waals surface area contributed by atoms with E-state index in [1.54, 1.807) is 26.1 Å². The third-order valence-corrected chi connectivity index (χ3v) is 9.31. The van der Waals surface area contributed by atoms with Gasteiger partial charge in [-0.25, -0.2) is 0 Å². The maximum absolute atomic E-state index is 13.3. The number of hydrogen-bond donors (Lipinski definition) is 2. The van der Waals surface area contributed by atoms with Gasteiger partial charge in [-0.2, -0.15) is 0 Å². The van der Waals surface area contributed by atoms with Gasteiger partial charge in [0, 0.05) is 37.1 Å². The van der Waals surface area contributed by atoms with Crippen LogP contribution in [0.15, 0.2) is 48.6 Å². The Labute approximate surface area is 241 Å². The molecule has 1 aliphatic carbocycles. The van der Waals surface area contributed by atoms with Crippen molar-refractivity contribution in [1.29, 1.82) is 0 Å². The Morgan fingerprint density at radius 2 is 1.95 bits per heavy atom. The van der Waals surface area contributed by atoms with E-state index in [1.807, 2.05) is 18.2 Å². The minimum atomic E-state index is -2.18. The molecule has 0 saturated heterocycles. The van der Waals surface area contributed by atoms with Gasteiger partial charge in [0.15, 0.2) is 5.60 Å². The van der Waals surface area contributed by atoms with Crippen LogP contribution in [0.3, 0.4) is 0 Å². The first-order chi connectivity index (χ1) is 19.2. The fraction of sp³-hybridized carbons (Fsp3) is 0.500. The normalized spacial score (nSPS) is 28.4. The van der Waals surface area contributed by atoms with Crippen molar-refractivity contribution in [3.63, 3.8) is 0 Å². The van der Waals surface area contributed by atoms with Crippen LogP contribution in [0.25, 0.3) is 0 Å². The van der Waals surface area contributed by atoms with E-state index in [0.717, 1.165) is 68.7 Å². The zero-order chi connectivity index (χ0) is 28.5. The molecule has 2 aliphatic heterocycles. The molecule has 0 aromatic heterocycles. The second-order valence-corrected chi connectivity index (χ2v) is 12.2. The fourth-order valence-corrected chi connectivity index (χ4v) is 6.88. The van der Waals surface area contributed by atoms with Crippen LogP contribution >= 0.6 is 11.6 Å². The van der Waals surface area contributed by atoms with Crippen LogP contribution in [0, 0.1) is 5.92 Å².